The molecule has 0 atom stereocenters. The number of sulfonamides is 1. The van der Waals surface area contributed by atoms with Gasteiger partial charge in [0.1, 0.15) is 22.0 Å². The van der Waals surface area contributed by atoms with Crippen LogP contribution in [0.2, 0.25) is 0 Å². The van der Waals surface area contributed by atoms with Gasteiger partial charge < -0.3 is 14.9 Å². The average molecular weight is 332 g/mol. The van der Waals surface area contributed by atoms with E-state index in [-0.39, 0.29) is 33.9 Å². The van der Waals surface area contributed by atoms with Gasteiger partial charge in [0.05, 0.1) is 7.11 Å². The maximum atomic E-state index is 12.8. The number of rotatable bonds is 6. The highest BCUT2D eigenvalue weighted by molar-refractivity contribution is 7.89. The zero-order chi connectivity index (χ0) is 17.3. The van der Waals surface area contributed by atoms with Gasteiger partial charge in [-0.25, -0.2) is 17.5 Å². The van der Waals surface area contributed by atoms with E-state index in [1.54, 1.807) is 0 Å². The van der Waals surface area contributed by atoms with Crippen molar-refractivity contribution in [1.29, 1.82) is 0 Å². The fourth-order valence-electron chi connectivity index (χ4n) is 2.22. The Morgan fingerprint density at radius 3 is 2.32 bits per heavy atom. The van der Waals surface area contributed by atoms with Crippen LogP contribution in [0.5, 0.6) is 0 Å². The number of esters is 1. The van der Waals surface area contributed by atoms with E-state index in [4.69, 9.17) is 10.2 Å². The van der Waals surface area contributed by atoms with Gasteiger partial charge in [-0.3, -0.25) is 0 Å². The van der Waals surface area contributed by atoms with Gasteiger partial charge in [0.25, 0.3) is 0 Å². The average Bonchev–Trinajstić information content (AvgIpc) is 2.72. The third-order valence-electron chi connectivity index (χ3n) is 3.47. The Morgan fingerprint density at radius 1 is 1.32 bits per heavy atom. The van der Waals surface area contributed by atoms with Crippen molar-refractivity contribution in [3.05, 3.63) is 17.1 Å². The number of methoxy groups -OCH3 is 1. The Morgan fingerprint density at radius 2 is 1.86 bits per heavy atom. The smallest absolute Gasteiger partial charge is 0.342 e. The van der Waals surface area contributed by atoms with Crippen LogP contribution >= 0.6 is 0 Å². The maximum absolute atomic E-state index is 12.8. The minimum absolute atomic E-state index is 0.0580. The van der Waals surface area contributed by atoms with Crippen LogP contribution in [0.25, 0.3) is 0 Å². The van der Waals surface area contributed by atoms with E-state index >= 15 is 0 Å². The highest BCUT2D eigenvalue weighted by Gasteiger charge is 2.35. The third-order valence-corrected chi connectivity index (χ3v) is 5.42. The molecule has 1 heterocycles. The second-order valence-electron chi connectivity index (χ2n) is 6.04. The Labute approximate surface area is 131 Å². The SMILES string of the molecule is COC(=O)c1c(C)oc(C)c1S(=O)(=O)N(C)CC(C)(C)CN. The number of furan rings is 1. The van der Waals surface area contributed by atoms with Crippen molar-refractivity contribution in [2.75, 3.05) is 27.2 Å². The zero-order valence-electron chi connectivity index (χ0n) is 13.9. The van der Waals surface area contributed by atoms with Crippen LogP contribution in [0.3, 0.4) is 0 Å². The number of carbonyl (C=O) groups excluding carboxylic acids is 1. The Bertz CT molecular complexity index is 661. The molecule has 0 radical (unpaired) electrons. The number of nitrogens with zero attached hydrogens (tertiary/aromatic N) is 1. The molecule has 0 amide bonds. The molecule has 0 fully saturated rings. The quantitative estimate of drug-likeness (QED) is 0.787. The molecule has 8 heteroatoms. The molecular weight excluding hydrogens is 308 g/mol. The number of ether oxygens (including phenoxy) is 1. The van der Waals surface area contributed by atoms with E-state index in [1.165, 1.54) is 32.3 Å². The van der Waals surface area contributed by atoms with Gasteiger partial charge in [0.2, 0.25) is 10.0 Å². The van der Waals surface area contributed by atoms with Crippen LogP contribution in [-0.4, -0.2) is 45.9 Å². The van der Waals surface area contributed by atoms with Crippen molar-refractivity contribution in [2.45, 2.75) is 32.6 Å². The lowest BCUT2D eigenvalue weighted by molar-refractivity contribution is 0.0594. The van der Waals surface area contributed by atoms with Crippen LogP contribution < -0.4 is 5.73 Å². The third kappa shape index (κ3) is 3.50. The van der Waals surface area contributed by atoms with Gasteiger partial charge in [-0.05, 0) is 25.8 Å². The summed E-state index contributed by atoms with van der Waals surface area (Å²) in [5, 5.41) is 0. The standard InChI is InChI=1S/C14H24N2O5S/c1-9-11(13(17)20-6)12(10(2)21-9)22(18,19)16(5)8-14(3,4)7-15/h7-8,15H2,1-6H3. The molecule has 0 spiro atoms. The number of hydrogen-bond donors (Lipinski definition) is 1. The lowest BCUT2D eigenvalue weighted by Gasteiger charge is -2.28. The van der Waals surface area contributed by atoms with Crippen molar-refractivity contribution in [3.63, 3.8) is 0 Å². The summed E-state index contributed by atoms with van der Waals surface area (Å²) < 4.78 is 36.8. The molecule has 1 aromatic rings. The van der Waals surface area contributed by atoms with Crippen LogP contribution in [0.15, 0.2) is 9.31 Å². The highest BCUT2D eigenvalue weighted by atomic mass is 32.2. The van der Waals surface area contributed by atoms with Gasteiger partial charge in [-0.1, -0.05) is 13.8 Å². The fourth-order valence-corrected chi connectivity index (χ4v) is 3.94. The first-order valence-corrected chi connectivity index (χ1v) is 8.26. The second-order valence-corrected chi connectivity index (χ2v) is 8.02. The molecule has 0 bridgehead atoms. The van der Waals surface area contributed by atoms with Crippen LogP contribution in [-0.2, 0) is 14.8 Å². The van der Waals surface area contributed by atoms with Gasteiger partial charge in [-0.2, -0.15) is 0 Å². The van der Waals surface area contributed by atoms with E-state index < -0.39 is 16.0 Å². The first kappa shape index (κ1) is 18.7. The summed E-state index contributed by atoms with van der Waals surface area (Å²) in [6, 6.07) is 0. The van der Waals surface area contributed by atoms with Crippen LogP contribution in [0.1, 0.15) is 35.7 Å². The number of aryl methyl sites for hydroxylation is 2. The molecule has 0 aromatic carbocycles. The summed E-state index contributed by atoms with van der Waals surface area (Å²) in [5.41, 5.74) is 5.21. The molecular formula is C14H24N2O5S. The van der Waals surface area contributed by atoms with Gasteiger partial charge in [0.15, 0.2) is 0 Å². The van der Waals surface area contributed by atoms with Crippen LogP contribution in [0, 0.1) is 19.3 Å². The van der Waals surface area contributed by atoms with Crippen molar-refractivity contribution >= 4 is 16.0 Å². The molecule has 0 aliphatic rings. The van der Waals surface area contributed by atoms with Gasteiger partial charge >= 0.3 is 5.97 Å². The van der Waals surface area contributed by atoms with Gasteiger partial charge in [-0.15, -0.1) is 0 Å². The van der Waals surface area contributed by atoms with E-state index in [9.17, 15) is 13.2 Å². The Hall–Kier alpha value is -1.38. The van der Waals surface area contributed by atoms with Crippen LogP contribution in [0.4, 0.5) is 0 Å². The normalized spacial score (nSPS) is 12.7. The Balaban J connectivity index is 3.38. The minimum atomic E-state index is -3.89. The monoisotopic (exact) mass is 332 g/mol. The summed E-state index contributed by atoms with van der Waals surface area (Å²) >= 11 is 0. The van der Waals surface area contributed by atoms with Gasteiger partial charge in [0, 0.05) is 13.6 Å². The minimum Gasteiger partial charge on any atom is -0.465 e. The summed E-state index contributed by atoms with van der Waals surface area (Å²) in [6.45, 7) is 7.33. The number of nitrogens with two attached hydrogens (primary N) is 1. The molecule has 7 nitrogen and oxygen atoms in total. The summed E-state index contributed by atoms with van der Waals surface area (Å²) in [4.78, 5) is 11.7. The molecule has 2 N–H and O–H groups in total. The second kappa shape index (κ2) is 6.39. The predicted octanol–water partition coefficient (Wildman–Crippen LogP) is 1.29. The summed E-state index contributed by atoms with van der Waals surface area (Å²) in [6.07, 6.45) is 0. The van der Waals surface area contributed by atoms with Crippen molar-refractivity contribution < 1.29 is 22.4 Å². The molecule has 22 heavy (non-hydrogen) atoms. The fraction of sp³-hybridized carbons (Fsp3) is 0.643. The first-order chi connectivity index (χ1) is 9.97. The van der Waals surface area contributed by atoms with Crippen molar-refractivity contribution in [1.82, 2.24) is 4.31 Å². The molecule has 0 saturated heterocycles. The number of carbonyl (C=O) groups is 1. The molecule has 126 valence electrons. The van der Waals surface area contributed by atoms with E-state index in [0.29, 0.717) is 6.54 Å². The van der Waals surface area contributed by atoms with Crippen molar-refractivity contribution in [2.24, 2.45) is 11.1 Å². The maximum Gasteiger partial charge on any atom is 0.342 e. The highest BCUT2D eigenvalue weighted by Crippen LogP contribution is 2.30. The van der Waals surface area contributed by atoms with E-state index in [1.807, 2.05) is 13.8 Å². The molecule has 0 unspecified atom stereocenters. The molecule has 0 aliphatic carbocycles. The predicted molar refractivity (Wildman–Crippen MR) is 82.2 cm³/mol. The lowest BCUT2D eigenvalue weighted by Crippen LogP contribution is -2.40. The molecule has 0 aliphatic heterocycles. The Kier molecular flexibility index (Phi) is 5.42. The summed E-state index contributed by atoms with van der Waals surface area (Å²) in [7, 11) is -1.24. The number of hydrogen-bond acceptors (Lipinski definition) is 6. The van der Waals surface area contributed by atoms with E-state index in [0.717, 1.165) is 0 Å². The lowest BCUT2D eigenvalue weighted by atomic mass is 9.94. The van der Waals surface area contributed by atoms with Crippen molar-refractivity contribution in [3.8, 4) is 0 Å². The zero-order valence-corrected chi connectivity index (χ0v) is 14.7. The topological polar surface area (TPSA) is 103 Å². The van der Waals surface area contributed by atoms with E-state index in [2.05, 4.69) is 4.74 Å². The molecule has 0 saturated carbocycles. The molecule has 1 aromatic heterocycles. The first-order valence-electron chi connectivity index (χ1n) is 6.82. The summed E-state index contributed by atoms with van der Waals surface area (Å²) in [5.74, 6) is -0.357. The molecule has 1 rings (SSSR count). The largest absolute Gasteiger partial charge is 0.465 e.